The van der Waals surface area contributed by atoms with Gasteiger partial charge in [0.2, 0.25) is 0 Å². The van der Waals surface area contributed by atoms with E-state index in [9.17, 15) is 4.79 Å². The van der Waals surface area contributed by atoms with Crippen molar-refractivity contribution in [3.63, 3.8) is 0 Å². The number of hydrogen-bond acceptors (Lipinski definition) is 4. The molecule has 1 amide bonds. The molecule has 6 heteroatoms. The summed E-state index contributed by atoms with van der Waals surface area (Å²) in [5.74, 6) is 1.80. The molecular formula is C16H16ClNO3S. The van der Waals surface area contributed by atoms with Crippen molar-refractivity contribution < 1.29 is 13.9 Å². The minimum atomic E-state index is -0.0638. The van der Waals surface area contributed by atoms with Crippen molar-refractivity contribution in [3.8, 4) is 0 Å². The Bertz CT molecular complexity index is 635. The summed E-state index contributed by atoms with van der Waals surface area (Å²) in [4.78, 5) is 15.2. The van der Waals surface area contributed by atoms with Crippen LogP contribution in [0.15, 0.2) is 45.7 Å². The Kier molecular flexibility index (Phi) is 5.08. The molecule has 0 N–H and O–H groups in total. The number of morpholine rings is 1. The molecule has 2 heterocycles. The van der Waals surface area contributed by atoms with Crippen molar-refractivity contribution in [2.24, 2.45) is 0 Å². The maximum absolute atomic E-state index is 12.3. The van der Waals surface area contributed by atoms with Crippen molar-refractivity contribution in [3.05, 3.63) is 52.9 Å². The Labute approximate surface area is 138 Å². The highest BCUT2D eigenvalue weighted by Crippen LogP contribution is 2.25. The number of thioether (sulfide) groups is 1. The van der Waals surface area contributed by atoms with Crippen molar-refractivity contribution >= 4 is 29.3 Å². The standard InChI is InChI=1S/C16H16ClNO3S/c17-12-1-4-14(5-2-12)22-11-13-3-6-15(21-13)16(19)18-7-9-20-10-8-18/h1-6H,7-11H2. The van der Waals surface area contributed by atoms with Gasteiger partial charge in [-0.25, -0.2) is 0 Å². The molecule has 0 saturated carbocycles. The third-order valence-corrected chi connectivity index (χ3v) is 4.65. The summed E-state index contributed by atoms with van der Waals surface area (Å²) in [5.41, 5.74) is 0. The number of halogens is 1. The van der Waals surface area contributed by atoms with E-state index in [-0.39, 0.29) is 5.91 Å². The molecule has 0 unspecified atom stereocenters. The largest absolute Gasteiger partial charge is 0.455 e. The maximum Gasteiger partial charge on any atom is 0.289 e. The maximum atomic E-state index is 12.3. The number of hydrogen-bond donors (Lipinski definition) is 0. The molecule has 0 radical (unpaired) electrons. The lowest BCUT2D eigenvalue weighted by atomic mass is 10.3. The number of carbonyl (C=O) groups excluding carboxylic acids is 1. The molecule has 22 heavy (non-hydrogen) atoms. The second-order valence-corrected chi connectivity index (χ2v) is 6.40. The summed E-state index contributed by atoms with van der Waals surface area (Å²) in [6.45, 7) is 2.42. The zero-order chi connectivity index (χ0) is 15.4. The lowest BCUT2D eigenvalue weighted by molar-refractivity contribution is 0.0282. The highest BCUT2D eigenvalue weighted by atomic mass is 35.5. The molecule has 0 spiro atoms. The molecule has 0 aliphatic carbocycles. The van der Waals surface area contributed by atoms with Gasteiger partial charge in [-0.15, -0.1) is 11.8 Å². The van der Waals surface area contributed by atoms with Crippen molar-refractivity contribution in [1.29, 1.82) is 0 Å². The van der Waals surface area contributed by atoms with Gasteiger partial charge in [-0.1, -0.05) is 11.6 Å². The summed E-state index contributed by atoms with van der Waals surface area (Å²) in [6, 6.07) is 11.3. The summed E-state index contributed by atoms with van der Waals surface area (Å²) in [7, 11) is 0. The zero-order valence-electron chi connectivity index (χ0n) is 12.0. The van der Waals surface area contributed by atoms with Crippen LogP contribution in [-0.2, 0) is 10.5 Å². The first-order valence-electron chi connectivity index (χ1n) is 7.06. The van der Waals surface area contributed by atoms with Crippen molar-refractivity contribution in [2.75, 3.05) is 26.3 Å². The number of rotatable bonds is 4. The van der Waals surface area contributed by atoms with Gasteiger partial charge in [0.25, 0.3) is 5.91 Å². The third-order valence-electron chi connectivity index (χ3n) is 3.37. The molecular weight excluding hydrogens is 322 g/mol. The Morgan fingerprint density at radius 2 is 1.86 bits per heavy atom. The lowest BCUT2D eigenvalue weighted by Crippen LogP contribution is -2.40. The van der Waals surface area contributed by atoms with Crippen LogP contribution in [0.2, 0.25) is 5.02 Å². The summed E-state index contributed by atoms with van der Waals surface area (Å²) < 4.78 is 10.9. The van der Waals surface area contributed by atoms with E-state index in [1.807, 2.05) is 30.3 Å². The SMILES string of the molecule is O=C(c1ccc(CSc2ccc(Cl)cc2)o1)N1CCOCC1. The van der Waals surface area contributed by atoms with Crippen LogP contribution in [0.5, 0.6) is 0 Å². The van der Waals surface area contributed by atoms with E-state index in [0.29, 0.717) is 37.8 Å². The fourth-order valence-electron chi connectivity index (χ4n) is 2.18. The minimum absolute atomic E-state index is 0.0638. The van der Waals surface area contributed by atoms with Gasteiger partial charge in [-0.2, -0.15) is 0 Å². The monoisotopic (exact) mass is 337 g/mol. The Morgan fingerprint density at radius 1 is 1.14 bits per heavy atom. The fourth-order valence-corrected chi connectivity index (χ4v) is 3.10. The van der Waals surface area contributed by atoms with Crippen LogP contribution in [0, 0.1) is 0 Å². The Morgan fingerprint density at radius 3 is 2.59 bits per heavy atom. The molecule has 4 nitrogen and oxygen atoms in total. The topological polar surface area (TPSA) is 42.7 Å². The highest BCUT2D eigenvalue weighted by Gasteiger charge is 2.21. The molecule has 1 fully saturated rings. The normalized spacial score (nSPS) is 15.0. The van der Waals surface area contributed by atoms with Crippen LogP contribution >= 0.6 is 23.4 Å². The molecule has 1 saturated heterocycles. The van der Waals surface area contributed by atoms with Gasteiger partial charge < -0.3 is 14.1 Å². The molecule has 3 rings (SSSR count). The average Bonchev–Trinajstić information content (AvgIpc) is 3.03. The number of nitrogens with zero attached hydrogens (tertiary/aromatic N) is 1. The molecule has 1 aromatic heterocycles. The third kappa shape index (κ3) is 3.85. The number of carbonyl (C=O) groups is 1. The van der Waals surface area contributed by atoms with Crippen LogP contribution in [0.4, 0.5) is 0 Å². The van der Waals surface area contributed by atoms with Crippen LogP contribution in [0.25, 0.3) is 0 Å². The van der Waals surface area contributed by atoms with Crippen molar-refractivity contribution in [2.45, 2.75) is 10.6 Å². The molecule has 116 valence electrons. The molecule has 1 aliphatic rings. The first-order valence-corrected chi connectivity index (χ1v) is 8.43. The van der Waals surface area contributed by atoms with Crippen LogP contribution in [-0.4, -0.2) is 37.1 Å². The first-order chi connectivity index (χ1) is 10.7. The first kappa shape index (κ1) is 15.5. The van der Waals surface area contributed by atoms with Gasteiger partial charge in [-0.05, 0) is 36.4 Å². The van der Waals surface area contributed by atoms with Gasteiger partial charge >= 0.3 is 0 Å². The van der Waals surface area contributed by atoms with E-state index >= 15 is 0 Å². The van der Waals surface area contributed by atoms with Gasteiger partial charge in [0, 0.05) is 23.0 Å². The smallest absolute Gasteiger partial charge is 0.289 e. The van der Waals surface area contributed by atoms with E-state index in [4.69, 9.17) is 20.8 Å². The molecule has 2 aromatic rings. The number of benzene rings is 1. The van der Waals surface area contributed by atoms with Gasteiger partial charge in [0.1, 0.15) is 5.76 Å². The number of ether oxygens (including phenoxy) is 1. The van der Waals surface area contributed by atoms with Crippen LogP contribution in [0.1, 0.15) is 16.3 Å². The second-order valence-electron chi connectivity index (χ2n) is 4.91. The van der Waals surface area contributed by atoms with Crippen LogP contribution < -0.4 is 0 Å². The Balaban J connectivity index is 1.58. The van der Waals surface area contributed by atoms with Crippen LogP contribution in [0.3, 0.4) is 0 Å². The molecule has 1 aromatic carbocycles. The zero-order valence-corrected chi connectivity index (χ0v) is 13.5. The average molecular weight is 338 g/mol. The molecule has 1 aliphatic heterocycles. The van der Waals surface area contributed by atoms with E-state index < -0.39 is 0 Å². The summed E-state index contributed by atoms with van der Waals surface area (Å²) >= 11 is 7.51. The fraction of sp³-hybridized carbons (Fsp3) is 0.312. The quantitative estimate of drug-likeness (QED) is 0.798. The Hall–Kier alpha value is -1.43. The van der Waals surface area contributed by atoms with E-state index in [1.165, 1.54) is 0 Å². The van der Waals surface area contributed by atoms with E-state index in [0.717, 1.165) is 15.7 Å². The highest BCUT2D eigenvalue weighted by molar-refractivity contribution is 7.98. The second kappa shape index (κ2) is 7.22. The number of amides is 1. The summed E-state index contributed by atoms with van der Waals surface area (Å²) in [5, 5.41) is 0.723. The molecule has 0 atom stereocenters. The molecule has 0 bridgehead atoms. The lowest BCUT2D eigenvalue weighted by Gasteiger charge is -2.25. The summed E-state index contributed by atoms with van der Waals surface area (Å²) in [6.07, 6.45) is 0. The number of furan rings is 1. The van der Waals surface area contributed by atoms with E-state index in [1.54, 1.807) is 22.7 Å². The van der Waals surface area contributed by atoms with Gasteiger partial charge in [0.15, 0.2) is 5.76 Å². The minimum Gasteiger partial charge on any atom is -0.455 e. The predicted molar refractivity (Wildman–Crippen MR) is 86.4 cm³/mol. The van der Waals surface area contributed by atoms with Gasteiger partial charge in [0.05, 0.1) is 19.0 Å². The van der Waals surface area contributed by atoms with Gasteiger partial charge in [-0.3, -0.25) is 4.79 Å². The van der Waals surface area contributed by atoms with E-state index in [2.05, 4.69) is 0 Å². The van der Waals surface area contributed by atoms with Crippen molar-refractivity contribution in [1.82, 2.24) is 4.90 Å². The predicted octanol–water partition coefficient (Wildman–Crippen LogP) is 3.70.